The van der Waals surface area contributed by atoms with E-state index in [1.807, 2.05) is 0 Å². The maximum absolute atomic E-state index is 12.2. The summed E-state index contributed by atoms with van der Waals surface area (Å²) in [4.78, 5) is 0. The second-order valence-electron chi connectivity index (χ2n) is 4.12. The van der Waals surface area contributed by atoms with Crippen molar-refractivity contribution in [2.75, 3.05) is 25.5 Å². The largest absolute Gasteiger partial charge is 0.380 e. The average Bonchev–Trinajstić information content (AvgIpc) is 1.87. The first-order chi connectivity index (χ1) is 4.96. The van der Waals surface area contributed by atoms with Gasteiger partial charge in [0.15, 0.2) is 0 Å². The van der Waals surface area contributed by atoms with E-state index in [1.54, 1.807) is 0 Å². The fourth-order valence-corrected chi connectivity index (χ4v) is 3.72. The molecule has 1 rings (SSSR count). The summed E-state index contributed by atoms with van der Waals surface area (Å²) in [5.74, 6) is 0. The maximum Gasteiger partial charge on any atom is 0.0972 e. The first kappa shape index (κ1) is 9.28. The monoisotopic (exact) mass is 176 g/mol. The molecule has 1 saturated heterocycles. The van der Waals surface area contributed by atoms with Gasteiger partial charge in [0.1, 0.15) is 0 Å². The lowest BCUT2D eigenvalue weighted by atomic mass is 10.3. The van der Waals surface area contributed by atoms with E-state index in [1.165, 1.54) is 0 Å². The molecule has 0 aromatic carbocycles. The Hall–Kier alpha value is 0.190. The first-order valence-corrected chi connectivity index (χ1v) is 6.19. The van der Waals surface area contributed by atoms with Gasteiger partial charge in [0.05, 0.1) is 20.4 Å². The zero-order chi connectivity index (χ0) is 8.54. The fraction of sp³-hybridized carbons (Fsp3) is 1.00. The van der Waals surface area contributed by atoms with Gasteiger partial charge in [-0.25, -0.2) is 0 Å². The Morgan fingerprint density at radius 1 is 1.18 bits per heavy atom. The number of ether oxygens (including phenoxy) is 1. The van der Waals surface area contributed by atoms with Gasteiger partial charge >= 0.3 is 0 Å². The minimum absolute atomic E-state index is 0.0171. The topological polar surface area (TPSA) is 26.3 Å². The minimum atomic E-state index is -1.92. The summed E-state index contributed by atoms with van der Waals surface area (Å²) in [5, 5.41) is -0.0171. The highest BCUT2D eigenvalue weighted by molar-refractivity contribution is 7.65. The summed E-state index contributed by atoms with van der Waals surface area (Å²) in [6.07, 6.45) is 1.55. The van der Waals surface area contributed by atoms with Crippen LogP contribution in [-0.2, 0) is 9.30 Å². The van der Waals surface area contributed by atoms with Crippen LogP contribution in [0.3, 0.4) is 0 Å². The molecule has 0 aromatic heterocycles. The summed E-state index contributed by atoms with van der Waals surface area (Å²) in [7, 11) is -1.92. The van der Waals surface area contributed by atoms with Crippen LogP contribution in [0.15, 0.2) is 0 Å². The minimum Gasteiger partial charge on any atom is -0.380 e. The van der Waals surface area contributed by atoms with Crippen molar-refractivity contribution in [3.05, 3.63) is 0 Å². The third kappa shape index (κ3) is 1.86. The van der Waals surface area contributed by atoms with Crippen LogP contribution in [0.1, 0.15) is 20.8 Å². The predicted molar refractivity (Wildman–Crippen MR) is 47.9 cm³/mol. The predicted octanol–water partition coefficient (Wildman–Crippen LogP) is 2.18. The van der Waals surface area contributed by atoms with Crippen LogP contribution in [0.4, 0.5) is 0 Å². The Kier molecular flexibility index (Phi) is 2.46. The van der Waals surface area contributed by atoms with Gasteiger partial charge in [-0.3, -0.25) is 0 Å². The van der Waals surface area contributed by atoms with Crippen LogP contribution in [0.5, 0.6) is 0 Å². The highest BCUT2D eigenvalue weighted by Crippen LogP contribution is 2.58. The van der Waals surface area contributed by atoms with Crippen molar-refractivity contribution < 1.29 is 9.30 Å². The van der Waals surface area contributed by atoms with Crippen molar-refractivity contribution in [3.63, 3.8) is 0 Å². The Bertz CT molecular complexity index is 171. The average molecular weight is 176 g/mol. The summed E-state index contributed by atoms with van der Waals surface area (Å²) in [6.45, 7) is 7.58. The van der Waals surface area contributed by atoms with E-state index in [-0.39, 0.29) is 5.16 Å². The second kappa shape index (κ2) is 2.91. The number of rotatable bonds is 0. The van der Waals surface area contributed by atoms with E-state index < -0.39 is 7.14 Å². The van der Waals surface area contributed by atoms with E-state index in [0.29, 0.717) is 13.2 Å². The zero-order valence-electron chi connectivity index (χ0n) is 7.59. The van der Waals surface area contributed by atoms with E-state index in [0.717, 1.165) is 12.3 Å². The van der Waals surface area contributed by atoms with E-state index >= 15 is 0 Å². The lowest BCUT2D eigenvalue weighted by Gasteiger charge is -2.34. The van der Waals surface area contributed by atoms with Crippen molar-refractivity contribution in [3.8, 4) is 0 Å². The Morgan fingerprint density at radius 2 is 1.64 bits per heavy atom. The molecule has 0 aliphatic carbocycles. The van der Waals surface area contributed by atoms with E-state index in [4.69, 9.17) is 4.74 Å². The molecule has 0 N–H and O–H groups in total. The van der Waals surface area contributed by atoms with Crippen molar-refractivity contribution >= 4 is 7.14 Å². The lowest BCUT2D eigenvalue weighted by molar-refractivity contribution is 0.154. The molecule has 1 aliphatic heterocycles. The molecule has 0 aromatic rings. The lowest BCUT2D eigenvalue weighted by Crippen LogP contribution is -2.27. The molecule has 11 heavy (non-hydrogen) atoms. The van der Waals surface area contributed by atoms with Crippen LogP contribution in [0.25, 0.3) is 0 Å². The van der Waals surface area contributed by atoms with Crippen LogP contribution in [0, 0.1) is 0 Å². The maximum atomic E-state index is 12.2. The molecule has 3 heteroatoms. The Morgan fingerprint density at radius 3 is 1.91 bits per heavy atom. The van der Waals surface area contributed by atoms with Crippen molar-refractivity contribution in [1.82, 2.24) is 0 Å². The molecule has 0 unspecified atom stereocenters. The summed E-state index contributed by atoms with van der Waals surface area (Å²) in [5.41, 5.74) is 0. The Labute approximate surface area is 68.7 Å². The van der Waals surface area contributed by atoms with Gasteiger partial charge in [0.2, 0.25) is 0 Å². The van der Waals surface area contributed by atoms with Crippen LogP contribution in [0.2, 0.25) is 0 Å². The molecule has 0 spiro atoms. The van der Waals surface area contributed by atoms with E-state index in [9.17, 15) is 4.57 Å². The highest BCUT2D eigenvalue weighted by atomic mass is 31.2. The molecule has 0 radical (unpaired) electrons. The van der Waals surface area contributed by atoms with Gasteiger partial charge in [-0.15, -0.1) is 0 Å². The van der Waals surface area contributed by atoms with Gasteiger partial charge in [-0.2, -0.15) is 0 Å². The van der Waals surface area contributed by atoms with Crippen LogP contribution >= 0.6 is 7.14 Å². The smallest absolute Gasteiger partial charge is 0.0972 e. The van der Waals surface area contributed by atoms with Gasteiger partial charge in [0, 0.05) is 17.5 Å². The standard InChI is InChI=1S/C8H17O2P/c1-8(2,3)11(9)6-4-10-5-7-11/h4-7H2,1-3H3. The SMILES string of the molecule is CC(C)(C)P1(=O)CCOCC1. The second-order valence-corrected chi connectivity index (χ2v) is 8.13. The molecule has 2 nitrogen and oxygen atoms in total. The molecule has 66 valence electrons. The molecule has 0 amide bonds. The van der Waals surface area contributed by atoms with Crippen molar-refractivity contribution in [1.29, 1.82) is 0 Å². The van der Waals surface area contributed by atoms with Crippen LogP contribution in [-0.4, -0.2) is 30.7 Å². The molecule has 0 saturated carbocycles. The van der Waals surface area contributed by atoms with Crippen molar-refractivity contribution in [2.24, 2.45) is 0 Å². The summed E-state index contributed by atoms with van der Waals surface area (Å²) >= 11 is 0. The first-order valence-electron chi connectivity index (χ1n) is 4.12. The molecule has 1 heterocycles. The molecule has 0 bridgehead atoms. The third-order valence-electron chi connectivity index (χ3n) is 2.42. The Balaban J connectivity index is 2.73. The summed E-state index contributed by atoms with van der Waals surface area (Å²) in [6, 6.07) is 0. The fourth-order valence-electron chi connectivity index (χ4n) is 1.31. The van der Waals surface area contributed by atoms with Gasteiger partial charge in [-0.05, 0) is 0 Å². The zero-order valence-corrected chi connectivity index (χ0v) is 8.49. The molecule has 1 fully saturated rings. The molecular weight excluding hydrogens is 159 g/mol. The highest BCUT2D eigenvalue weighted by Gasteiger charge is 2.37. The molecule has 0 atom stereocenters. The van der Waals surface area contributed by atoms with Crippen LogP contribution < -0.4 is 0 Å². The number of hydrogen-bond acceptors (Lipinski definition) is 2. The van der Waals surface area contributed by atoms with E-state index in [2.05, 4.69) is 20.8 Å². The number of hydrogen-bond donors (Lipinski definition) is 0. The molecular formula is C8H17O2P. The van der Waals surface area contributed by atoms with Gasteiger partial charge < -0.3 is 9.30 Å². The molecule has 1 aliphatic rings. The van der Waals surface area contributed by atoms with Gasteiger partial charge in [0.25, 0.3) is 0 Å². The quantitative estimate of drug-likeness (QED) is 0.529. The van der Waals surface area contributed by atoms with Gasteiger partial charge in [-0.1, -0.05) is 20.8 Å². The third-order valence-corrected chi connectivity index (χ3v) is 6.67. The van der Waals surface area contributed by atoms with Crippen molar-refractivity contribution in [2.45, 2.75) is 25.9 Å². The summed E-state index contributed by atoms with van der Waals surface area (Å²) < 4.78 is 17.4. The normalized spacial score (nSPS) is 25.0.